The fraction of sp³-hybridized carbons (Fsp3) is 0.333. The standard InChI is InChI=1S/C3H3N2/c1-2-3-5-4/h1H,3H2/q+1. The normalized spacial score (nSPS) is 4.40. The molecule has 0 atom stereocenters. The average molecular weight is 67.1 g/mol. The van der Waals surface area contributed by atoms with Crippen LogP contribution in [0, 0.1) is 17.7 Å². The summed E-state index contributed by atoms with van der Waals surface area (Å²) in [4.78, 5) is 2.62. The molecule has 0 spiro atoms. The molecular formula is C3H3N2+. The van der Waals surface area contributed by atoms with Crippen LogP contribution in [0.2, 0.25) is 0 Å². The third-order valence-corrected chi connectivity index (χ3v) is 0.162. The maximum Gasteiger partial charge on any atom is 0.364 e. The van der Waals surface area contributed by atoms with Crippen LogP contribution in [0.4, 0.5) is 0 Å². The van der Waals surface area contributed by atoms with Gasteiger partial charge in [-0.15, -0.1) is 6.42 Å². The van der Waals surface area contributed by atoms with Gasteiger partial charge in [0.05, 0.1) is 0 Å². The van der Waals surface area contributed by atoms with Crippen molar-refractivity contribution in [3.05, 3.63) is 4.98 Å². The molecule has 0 aliphatic carbocycles. The monoisotopic (exact) mass is 67.0 g/mol. The van der Waals surface area contributed by atoms with Gasteiger partial charge in [0.15, 0.2) is 0 Å². The maximum absolute atomic E-state index is 7.55. The summed E-state index contributed by atoms with van der Waals surface area (Å²) >= 11 is 0. The van der Waals surface area contributed by atoms with Crippen molar-refractivity contribution in [3.63, 3.8) is 0 Å². The number of nitrogens with zero attached hydrogens (tertiary/aromatic N) is 2. The van der Waals surface area contributed by atoms with E-state index >= 15 is 0 Å². The van der Waals surface area contributed by atoms with E-state index in [1.165, 1.54) is 0 Å². The molecule has 0 aromatic carbocycles. The zero-order valence-corrected chi connectivity index (χ0v) is 2.68. The summed E-state index contributed by atoms with van der Waals surface area (Å²) < 4.78 is 0. The molecule has 0 N–H and O–H groups in total. The zero-order chi connectivity index (χ0) is 4.12. The molecule has 2 heteroatoms. The molecule has 0 aliphatic rings. The largest absolute Gasteiger partial charge is 0.364 e. The Morgan fingerprint density at radius 2 is 2.60 bits per heavy atom. The van der Waals surface area contributed by atoms with Crippen molar-refractivity contribution >= 4 is 0 Å². The summed E-state index contributed by atoms with van der Waals surface area (Å²) in [5, 5.41) is 7.55. The lowest BCUT2D eigenvalue weighted by molar-refractivity contribution is 1.37. The van der Waals surface area contributed by atoms with Crippen molar-refractivity contribution in [1.82, 2.24) is 0 Å². The lowest BCUT2D eigenvalue weighted by Crippen LogP contribution is -1.56. The van der Waals surface area contributed by atoms with Gasteiger partial charge in [-0.25, -0.2) is 0 Å². The second kappa shape index (κ2) is 2.98. The number of hydrogen-bond acceptors (Lipinski definition) is 1. The van der Waals surface area contributed by atoms with E-state index < -0.39 is 0 Å². The van der Waals surface area contributed by atoms with Crippen LogP contribution in [0.1, 0.15) is 0 Å². The summed E-state index contributed by atoms with van der Waals surface area (Å²) in [6, 6.07) is 0. The van der Waals surface area contributed by atoms with Crippen molar-refractivity contribution in [2.75, 3.05) is 6.54 Å². The first kappa shape index (κ1) is 3.98. The van der Waals surface area contributed by atoms with Gasteiger partial charge in [-0.2, -0.15) is 0 Å². The Bertz CT molecular complexity index is 70.0. The van der Waals surface area contributed by atoms with Crippen molar-refractivity contribution < 1.29 is 0 Å². The first-order valence-corrected chi connectivity index (χ1v) is 1.16. The molecule has 0 unspecified atom stereocenters. The van der Waals surface area contributed by atoms with Gasteiger partial charge >= 0.3 is 6.54 Å². The van der Waals surface area contributed by atoms with E-state index in [4.69, 9.17) is 5.39 Å². The van der Waals surface area contributed by atoms with Gasteiger partial charge in [-0.05, 0) is 5.92 Å². The van der Waals surface area contributed by atoms with E-state index in [1.54, 1.807) is 0 Å². The summed E-state index contributed by atoms with van der Waals surface area (Å²) in [7, 11) is 0. The van der Waals surface area contributed by atoms with Gasteiger partial charge in [0.25, 0.3) is 0 Å². The van der Waals surface area contributed by atoms with Crippen molar-refractivity contribution in [2.24, 2.45) is 0 Å². The summed E-state index contributed by atoms with van der Waals surface area (Å²) in [5.74, 6) is 2.10. The molecule has 0 radical (unpaired) electrons. The highest BCUT2D eigenvalue weighted by atomic mass is 14.8. The fourth-order valence-electron chi connectivity index (χ4n) is 0.0408. The molecule has 0 bridgehead atoms. The Morgan fingerprint density at radius 3 is 2.60 bits per heavy atom. The third kappa shape index (κ3) is 2.98. The van der Waals surface area contributed by atoms with Crippen molar-refractivity contribution in [1.29, 1.82) is 5.39 Å². The molecule has 2 nitrogen and oxygen atoms in total. The van der Waals surface area contributed by atoms with Gasteiger partial charge in [-0.1, -0.05) is 0 Å². The van der Waals surface area contributed by atoms with Crippen LogP contribution in [-0.2, 0) is 0 Å². The van der Waals surface area contributed by atoms with Crippen LogP contribution < -0.4 is 0 Å². The van der Waals surface area contributed by atoms with E-state index in [-0.39, 0.29) is 6.54 Å². The Balaban J connectivity index is 2.86. The second-order valence-corrected chi connectivity index (χ2v) is 0.504. The fourth-order valence-corrected chi connectivity index (χ4v) is 0.0408. The van der Waals surface area contributed by atoms with Gasteiger partial charge < -0.3 is 0 Å². The van der Waals surface area contributed by atoms with Crippen LogP contribution in [0.5, 0.6) is 0 Å². The Hall–Kier alpha value is -1.02. The van der Waals surface area contributed by atoms with E-state index in [0.717, 1.165) is 0 Å². The van der Waals surface area contributed by atoms with Gasteiger partial charge in [0, 0.05) is 0 Å². The van der Waals surface area contributed by atoms with Crippen LogP contribution in [0.25, 0.3) is 4.98 Å². The Morgan fingerprint density at radius 1 is 2.00 bits per heavy atom. The SMILES string of the molecule is C#CC[N+]#N. The smallest absolute Gasteiger partial charge is 0.112 e. The van der Waals surface area contributed by atoms with Crippen LogP contribution in [0.3, 0.4) is 0 Å². The van der Waals surface area contributed by atoms with Crippen LogP contribution >= 0.6 is 0 Å². The van der Waals surface area contributed by atoms with E-state index in [0.29, 0.717) is 0 Å². The van der Waals surface area contributed by atoms with Crippen LogP contribution in [0.15, 0.2) is 0 Å². The first-order valence-electron chi connectivity index (χ1n) is 1.16. The highest BCUT2D eigenvalue weighted by Crippen LogP contribution is 1.53. The quantitative estimate of drug-likeness (QED) is 0.299. The van der Waals surface area contributed by atoms with Crippen LogP contribution in [-0.4, -0.2) is 6.54 Å². The minimum Gasteiger partial charge on any atom is -0.112 e. The number of terminal acetylenes is 1. The average Bonchev–Trinajstić information content (AvgIpc) is 1.41. The summed E-state index contributed by atoms with van der Waals surface area (Å²) in [6.45, 7) is 0.0972. The Labute approximate surface area is 30.4 Å². The van der Waals surface area contributed by atoms with E-state index in [9.17, 15) is 0 Å². The lowest BCUT2D eigenvalue weighted by Gasteiger charge is -1.35. The first-order chi connectivity index (χ1) is 2.41. The van der Waals surface area contributed by atoms with E-state index in [2.05, 4.69) is 17.3 Å². The molecule has 0 aliphatic heterocycles. The maximum atomic E-state index is 7.55. The molecular weight excluding hydrogens is 64.0 g/mol. The second-order valence-electron chi connectivity index (χ2n) is 0.504. The highest BCUT2D eigenvalue weighted by molar-refractivity contribution is 4.90. The Kier molecular flexibility index (Phi) is 2.37. The lowest BCUT2D eigenvalue weighted by atomic mass is 10.7. The molecule has 0 rings (SSSR count). The molecule has 0 saturated heterocycles. The molecule has 0 amide bonds. The topological polar surface area (TPSA) is 28.1 Å². The molecule has 24 valence electrons. The zero-order valence-electron chi connectivity index (χ0n) is 2.68. The molecule has 0 heterocycles. The van der Waals surface area contributed by atoms with E-state index in [1.807, 2.05) is 0 Å². The van der Waals surface area contributed by atoms with Gasteiger partial charge in [0.2, 0.25) is 5.39 Å². The molecule has 0 aromatic heterocycles. The summed E-state index contributed by atoms with van der Waals surface area (Å²) in [6.07, 6.45) is 4.64. The predicted octanol–water partition coefficient (Wildman–Crippen LogP) is 0.473. The van der Waals surface area contributed by atoms with Crippen molar-refractivity contribution in [3.8, 4) is 12.3 Å². The predicted molar refractivity (Wildman–Crippen MR) is 18.8 cm³/mol. The summed E-state index contributed by atoms with van der Waals surface area (Å²) in [5.41, 5.74) is 0. The molecule has 0 saturated carbocycles. The van der Waals surface area contributed by atoms with Crippen molar-refractivity contribution in [2.45, 2.75) is 0 Å². The van der Waals surface area contributed by atoms with Gasteiger partial charge in [-0.3, -0.25) is 0 Å². The molecule has 0 fully saturated rings. The number of hydrogen-bond donors (Lipinski definition) is 0. The highest BCUT2D eigenvalue weighted by Gasteiger charge is 1.73. The van der Waals surface area contributed by atoms with Gasteiger partial charge in [0.1, 0.15) is 4.98 Å². The minimum absolute atomic E-state index is 0.0972. The third-order valence-electron chi connectivity index (χ3n) is 0.162. The number of rotatable bonds is 0. The minimum atomic E-state index is 0.0972. The number of diazo groups is 1. The molecule has 0 aromatic rings. The molecule has 5 heavy (non-hydrogen) atoms.